The van der Waals surface area contributed by atoms with Crippen molar-refractivity contribution in [3.8, 4) is 33.4 Å². The normalized spacial score (nSPS) is 12.8. The van der Waals surface area contributed by atoms with E-state index in [1.54, 1.807) is 0 Å². The number of fused-ring (bicyclic) bond motifs is 10. The maximum Gasteiger partial charge on any atom is 0.144 e. The molecule has 68 heavy (non-hydrogen) atoms. The van der Waals surface area contributed by atoms with Crippen molar-refractivity contribution >= 4 is 81.3 Å². The van der Waals surface area contributed by atoms with Gasteiger partial charge in [0.25, 0.3) is 0 Å². The van der Waals surface area contributed by atoms with E-state index in [2.05, 4.69) is 254 Å². The van der Waals surface area contributed by atoms with E-state index >= 15 is 0 Å². The fourth-order valence-corrected chi connectivity index (χ4v) is 12.7. The quantitative estimate of drug-likeness (QED) is 0.159. The molecule has 0 unspecified atom stereocenters. The summed E-state index contributed by atoms with van der Waals surface area (Å²) in [5.74, 6) is 0. The Labute approximate surface area is 398 Å². The van der Waals surface area contributed by atoms with Gasteiger partial charge >= 0.3 is 0 Å². The van der Waals surface area contributed by atoms with Gasteiger partial charge in [0, 0.05) is 47.9 Å². The van der Waals surface area contributed by atoms with Crippen LogP contribution in [0.5, 0.6) is 0 Å². The van der Waals surface area contributed by atoms with Crippen molar-refractivity contribution in [3.05, 3.63) is 271 Å². The van der Waals surface area contributed by atoms with Gasteiger partial charge in [-0.1, -0.05) is 206 Å². The van der Waals surface area contributed by atoms with Gasteiger partial charge in [0.15, 0.2) is 0 Å². The lowest BCUT2D eigenvalue weighted by molar-refractivity contribution is 0.670. The Kier molecular flexibility index (Phi) is 8.71. The van der Waals surface area contributed by atoms with Gasteiger partial charge in [-0.3, -0.25) is 0 Å². The monoisotopic (exact) mass is 883 g/mol. The third kappa shape index (κ3) is 5.63. The third-order valence-electron chi connectivity index (χ3n) is 14.3. The third-order valence-corrected chi connectivity index (χ3v) is 15.6. The molecule has 0 spiro atoms. The molecule has 11 aromatic carbocycles. The smallest absolute Gasteiger partial charge is 0.144 e. The maximum absolute atomic E-state index is 7.29. The van der Waals surface area contributed by atoms with E-state index in [4.69, 9.17) is 4.42 Å². The lowest BCUT2D eigenvalue weighted by Gasteiger charge is -2.35. The highest BCUT2D eigenvalue weighted by Gasteiger charge is 2.46. The highest BCUT2D eigenvalue weighted by atomic mass is 32.1. The largest absolute Gasteiger partial charge is 0.455 e. The number of thiophene rings is 1. The molecule has 0 fully saturated rings. The van der Waals surface area contributed by atoms with Crippen molar-refractivity contribution < 1.29 is 4.42 Å². The molecular formula is C65H41NOS. The minimum atomic E-state index is -0.565. The Morgan fingerprint density at radius 1 is 0.397 bits per heavy atom. The summed E-state index contributed by atoms with van der Waals surface area (Å²) in [7, 11) is 0. The van der Waals surface area contributed by atoms with Crippen LogP contribution in [0.3, 0.4) is 0 Å². The van der Waals surface area contributed by atoms with Crippen LogP contribution in [-0.4, -0.2) is 0 Å². The molecule has 0 amide bonds. The molecule has 0 atom stereocenters. The van der Waals surface area contributed by atoms with Crippen LogP contribution in [0.1, 0.15) is 22.3 Å². The lowest BCUT2D eigenvalue weighted by atomic mass is 9.67. The molecule has 14 rings (SSSR count). The van der Waals surface area contributed by atoms with Gasteiger partial charge in [-0.15, -0.1) is 11.3 Å². The summed E-state index contributed by atoms with van der Waals surface area (Å²) in [4.78, 5) is 2.49. The van der Waals surface area contributed by atoms with Crippen LogP contribution in [0.15, 0.2) is 253 Å². The van der Waals surface area contributed by atoms with Crippen molar-refractivity contribution in [1.29, 1.82) is 0 Å². The van der Waals surface area contributed by atoms with E-state index < -0.39 is 5.41 Å². The second-order valence-corrected chi connectivity index (χ2v) is 18.9. The Hall–Kier alpha value is -8.50. The van der Waals surface area contributed by atoms with Gasteiger partial charge in [0.1, 0.15) is 11.2 Å². The molecule has 0 N–H and O–H groups in total. The molecule has 13 aromatic rings. The predicted molar refractivity (Wildman–Crippen MR) is 287 cm³/mol. The van der Waals surface area contributed by atoms with Crippen molar-refractivity contribution in [2.45, 2.75) is 5.41 Å². The zero-order chi connectivity index (χ0) is 44.8. The number of para-hydroxylation sites is 1. The molecule has 0 bridgehead atoms. The zero-order valence-electron chi connectivity index (χ0n) is 36.9. The minimum absolute atomic E-state index is 0.565. The van der Waals surface area contributed by atoms with Crippen LogP contribution in [0.2, 0.25) is 0 Å². The van der Waals surface area contributed by atoms with Crippen molar-refractivity contribution in [3.63, 3.8) is 0 Å². The van der Waals surface area contributed by atoms with Crippen molar-refractivity contribution in [2.75, 3.05) is 4.90 Å². The fraction of sp³-hybridized carbons (Fsp3) is 0.0154. The number of hydrogen-bond donors (Lipinski definition) is 0. The Morgan fingerprint density at radius 3 is 1.81 bits per heavy atom. The number of rotatable bonds is 7. The van der Waals surface area contributed by atoms with Crippen LogP contribution in [-0.2, 0) is 5.41 Å². The average Bonchev–Trinajstić information content (AvgIpc) is 4.08. The van der Waals surface area contributed by atoms with Gasteiger partial charge < -0.3 is 9.32 Å². The molecule has 1 aliphatic rings. The minimum Gasteiger partial charge on any atom is -0.455 e. The SMILES string of the molecule is c1ccc(-c2ccccc2N(c2ccc3c(c2)C(c2ccccc2)(c2ccccc2)c2ccccc2-3)c2cccc3oc4c(-c5cccc6c5sc5ccccc56)c5ccccc5cc4c23)cc1. The molecular weight excluding hydrogens is 843 g/mol. The average molecular weight is 884 g/mol. The summed E-state index contributed by atoms with van der Waals surface area (Å²) >= 11 is 1.86. The number of benzene rings is 11. The van der Waals surface area contributed by atoms with E-state index in [1.165, 1.54) is 69.9 Å². The highest BCUT2D eigenvalue weighted by Crippen LogP contribution is 2.58. The van der Waals surface area contributed by atoms with E-state index in [1.807, 2.05) is 11.3 Å². The van der Waals surface area contributed by atoms with Gasteiger partial charge in [0.2, 0.25) is 0 Å². The molecule has 318 valence electrons. The summed E-state index contributed by atoms with van der Waals surface area (Å²) in [5.41, 5.74) is 16.5. The molecule has 1 aliphatic carbocycles. The van der Waals surface area contributed by atoms with Gasteiger partial charge in [0.05, 0.1) is 22.2 Å². The topological polar surface area (TPSA) is 16.4 Å². The molecule has 3 heteroatoms. The van der Waals surface area contributed by atoms with Crippen LogP contribution in [0, 0.1) is 0 Å². The standard InChI is InChI=1S/C65H41NOS/c1-4-20-42(21-5-1)47-27-13-16-34-57(47)66(46-38-39-50-49-29-12-15-33-55(49)65(56(50)41-46,44-23-6-2-7-24-44)45-25-8-3-9-26-45)58-35-19-36-59-62(58)54-40-43-22-10-11-28-48(43)61(63(54)67-59)53-32-18-31-52-51-30-14-17-37-60(51)68-64(52)53/h1-41H. The summed E-state index contributed by atoms with van der Waals surface area (Å²) in [6, 6.07) is 91.2. The molecule has 2 heterocycles. The van der Waals surface area contributed by atoms with E-state index in [0.29, 0.717) is 0 Å². The second-order valence-electron chi connectivity index (χ2n) is 17.9. The van der Waals surface area contributed by atoms with Crippen LogP contribution < -0.4 is 4.90 Å². The number of furan rings is 1. The van der Waals surface area contributed by atoms with Gasteiger partial charge in [-0.2, -0.15) is 0 Å². The molecule has 0 saturated heterocycles. The lowest BCUT2D eigenvalue weighted by Crippen LogP contribution is -2.28. The van der Waals surface area contributed by atoms with Crippen molar-refractivity contribution in [1.82, 2.24) is 0 Å². The molecule has 2 nitrogen and oxygen atoms in total. The highest BCUT2D eigenvalue weighted by molar-refractivity contribution is 7.26. The van der Waals surface area contributed by atoms with Crippen LogP contribution >= 0.6 is 11.3 Å². The second kappa shape index (κ2) is 15.3. The van der Waals surface area contributed by atoms with Gasteiger partial charge in [-0.05, 0) is 92.2 Å². The zero-order valence-corrected chi connectivity index (χ0v) is 37.8. The predicted octanol–water partition coefficient (Wildman–Crippen LogP) is 18.3. The molecule has 0 aliphatic heterocycles. The van der Waals surface area contributed by atoms with E-state index in [9.17, 15) is 0 Å². The summed E-state index contributed by atoms with van der Waals surface area (Å²) in [5, 5.41) is 7.06. The molecule has 0 radical (unpaired) electrons. The van der Waals surface area contributed by atoms with Crippen LogP contribution in [0.4, 0.5) is 17.1 Å². The summed E-state index contributed by atoms with van der Waals surface area (Å²) in [6.07, 6.45) is 0. The number of anilines is 3. The molecule has 0 saturated carbocycles. The maximum atomic E-state index is 7.29. The first-order valence-corrected chi connectivity index (χ1v) is 24.1. The molecule has 2 aromatic heterocycles. The summed E-state index contributed by atoms with van der Waals surface area (Å²) in [6.45, 7) is 0. The first-order chi connectivity index (χ1) is 33.8. The van der Waals surface area contributed by atoms with E-state index in [0.717, 1.165) is 55.7 Å². The van der Waals surface area contributed by atoms with Gasteiger partial charge in [-0.25, -0.2) is 0 Å². The number of hydrogen-bond acceptors (Lipinski definition) is 3. The summed E-state index contributed by atoms with van der Waals surface area (Å²) < 4.78 is 9.84. The Balaban J connectivity index is 1.09. The van der Waals surface area contributed by atoms with Crippen molar-refractivity contribution in [2.24, 2.45) is 0 Å². The Morgan fingerprint density at radius 2 is 1.00 bits per heavy atom. The number of nitrogens with zero attached hydrogens (tertiary/aromatic N) is 1. The Bertz CT molecular complexity index is 4050. The fourth-order valence-electron chi connectivity index (χ4n) is 11.5. The van der Waals surface area contributed by atoms with E-state index in [-0.39, 0.29) is 0 Å². The first-order valence-electron chi connectivity index (χ1n) is 23.3. The first kappa shape index (κ1) is 38.7. The van der Waals surface area contributed by atoms with Crippen LogP contribution in [0.25, 0.3) is 86.3 Å².